The molecule has 0 aliphatic carbocycles. The lowest BCUT2D eigenvalue weighted by atomic mass is 10.1. The molecule has 1 heterocycles. The highest BCUT2D eigenvalue weighted by Gasteiger charge is 2.45. The van der Waals surface area contributed by atoms with Crippen molar-refractivity contribution < 1.29 is 27.6 Å². The second-order valence-electron chi connectivity index (χ2n) is 6.05. The number of nitrogens with zero attached hydrogens (tertiary/aromatic N) is 2. The third-order valence-electron chi connectivity index (χ3n) is 4.18. The molecule has 1 aliphatic heterocycles. The molecule has 3 rings (SSSR count). The minimum absolute atomic E-state index is 0.109. The first-order valence-corrected chi connectivity index (χ1v) is 7.82. The Kier molecular flexibility index (Phi) is 4.38. The maximum absolute atomic E-state index is 12.7. The van der Waals surface area contributed by atoms with Crippen molar-refractivity contribution in [1.82, 2.24) is 4.90 Å². The lowest BCUT2D eigenvalue weighted by Gasteiger charge is -2.16. The van der Waals surface area contributed by atoms with Crippen LogP contribution in [-0.4, -0.2) is 22.7 Å². The number of urea groups is 1. The third-order valence-corrected chi connectivity index (χ3v) is 4.18. The molecular formula is C18H14F3N3O3. The van der Waals surface area contributed by atoms with E-state index in [0.717, 1.165) is 34.7 Å². The maximum Gasteiger partial charge on any atom is 0.416 e. The Morgan fingerprint density at radius 1 is 0.963 bits per heavy atom. The highest BCUT2D eigenvalue weighted by Crippen LogP contribution is 2.31. The van der Waals surface area contributed by atoms with Crippen molar-refractivity contribution in [2.45, 2.75) is 19.6 Å². The average molecular weight is 377 g/mol. The van der Waals surface area contributed by atoms with Crippen LogP contribution in [0.25, 0.3) is 0 Å². The van der Waals surface area contributed by atoms with Gasteiger partial charge in [0.15, 0.2) is 0 Å². The minimum Gasteiger partial charge on any atom is -0.399 e. The summed E-state index contributed by atoms with van der Waals surface area (Å²) in [5, 5.41) is 0. The van der Waals surface area contributed by atoms with Gasteiger partial charge in [-0.2, -0.15) is 13.2 Å². The van der Waals surface area contributed by atoms with E-state index in [-0.39, 0.29) is 12.2 Å². The van der Waals surface area contributed by atoms with Crippen molar-refractivity contribution in [3.05, 3.63) is 59.2 Å². The summed E-state index contributed by atoms with van der Waals surface area (Å²) in [4.78, 5) is 38.2. The van der Waals surface area contributed by atoms with Crippen molar-refractivity contribution in [1.29, 1.82) is 0 Å². The number of hydrogen-bond donors (Lipinski definition) is 1. The van der Waals surface area contributed by atoms with Gasteiger partial charge < -0.3 is 5.73 Å². The number of anilines is 2. The number of nitrogen functional groups attached to an aromatic ring is 1. The summed E-state index contributed by atoms with van der Waals surface area (Å²) in [6, 6.07) is 7.43. The first kappa shape index (κ1) is 18.4. The smallest absolute Gasteiger partial charge is 0.399 e. The first-order chi connectivity index (χ1) is 12.6. The van der Waals surface area contributed by atoms with Crippen LogP contribution < -0.4 is 10.6 Å². The van der Waals surface area contributed by atoms with Crippen LogP contribution in [-0.2, 0) is 22.3 Å². The fourth-order valence-corrected chi connectivity index (χ4v) is 2.69. The monoisotopic (exact) mass is 377 g/mol. The Balaban J connectivity index is 1.86. The number of alkyl halides is 3. The van der Waals surface area contributed by atoms with Gasteiger partial charge in [0, 0.05) is 5.69 Å². The molecule has 0 saturated carbocycles. The lowest BCUT2D eigenvalue weighted by molar-refractivity contribution is -0.139. The van der Waals surface area contributed by atoms with Crippen LogP contribution in [0, 0.1) is 6.92 Å². The van der Waals surface area contributed by atoms with E-state index < -0.39 is 29.6 Å². The van der Waals surface area contributed by atoms with E-state index in [2.05, 4.69) is 0 Å². The molecule has 2 aromatic carbocycles. The molecule has 6 nitrogen and oxygen atoms in total. The van der Waals surface area contributed by atoms with E-state index in [0.29, 0.717) is 16.2 Å². The van der Waals surface area contributed by atoms with Crippen LogP contribution in [0.15, 0.2) is 42.5 Å². The van der Waals surface area contributed by atoms with Crippen LogP contribution in [0.5, 0.6) is 0 Å². The molecule has 0 atom stereocenters. The molecule has 140 valence electrons. The molecule has 0 spiro atoms. The summed E-state index contributed by atoms with van der Waals surface area (Å²) in [7, 11) is 0. The Labute approximate surface area is 152 Å². The van der Waals surface area contributed by atoms with Gasteiger partial charge in [-0.1, -0.05) is 12.1 Å². The summed E-state index contributed by atoms with van der Waals surface area (Å²) < 4.78 is 38.0. The summed E-state index contributed by atoms with van der Waals surface area (Å²) in [6.45, 7) is 1.60. The molecule has 0 unspecified atom stereocenters. The zero-order chi connectivity index (χ0) is 19.9. The van der Waals surface area contributed by atoms with E-state index in [1.165, 1.54) is 0 Å². The lowest BCUT2D eigenvalue weighted by Crippen LogP contribution is -2.33. The van der Waals surface area contributed by atoms with Gasteiger partial charge in [-0.15, -0.1) is 0 Å². The molecule has 27 heavy (non-hydrogen) atoms. The number of nitrogens with two attached hydrogens (primary N) is 1. The zero-order valence-electron chi connectivity index (χ0n) is 14.1. The number of hydrogen-bond acceptors (Lipinski definition) is 4. The van der Waals surface area contributed by atoms with Crippen LogP contribution in [0.4, 0.5) is 29.3 Å². The number of amides is 4. The fourth-order valence-electron chi connectivity index (χ4n) is 2.69. The van der Waals surface area contributed by atoms with Gasteiger partial charge in [-0.3, -0.25) is 14.5 Å². The van der Waals surface area contributed by atoms with Gasteiger partial charge in [-0.25, -0.2) is 9.69 Å². The number of carbonyl (C=O) groups excluding carboxylic acids is 3. The first-order valence-electron chi connectivity index (χ1n) is 7.82. The third kappa shape index (κ3) is 3.35. The number of rotatable bonds is 3. The molecule has 2 aromatic rings. The quantitative estimate of drug-likeness (QED) is 0.506. The van der Waals surface area contributed by atoms with Gasteiger partial charge in [0.25, 0.3) is 0 Å². The molecule has 2 N–H and O–H groups in total. The van der Waals surface area contributed by atoms with Gasteiger partial charge >= 0.3 is 24.0 Å². The molecule has 0 aromatic heterocycles. The van der Waals surface area contributed by atoms with Crippen LogP contribution >= 0.6 is 0 Å². The Morgan fingerprint density at radius 3 is 2.15 bits per heavy atom. The second kappa shape index (κ2) is 6.42. The normalized spacial score (nSPS) is 15.0. The number of imide groups is 2. The average Bonchev–Trinajstić information content (AvgIpc) is 2.81. The fraction of sp³-hybridized carbons (Fsp3) is 0.167. The van der Waals surface area contributed by atoms with Crippen LogP contribution in [0.2, 0.25) is 0 Å². The van der Waals surface area contributed by atoms with E-state index in [1.807, 2.05) is 0 Å². The van der Waals surface area contributed by atoms with Crippen molar-refractivity contribution >= 4 is 29.2 Å². The molecule has 4 amide bonds. The second-order valence-corrected chi connectivity index (χ2v) is 6.05. The number of aryl methyl sites for hydroxylation is 1. The molecule has 1 saturated heterocycles. The summed E-state index contributed by atoms with van der Waals surface area (Å²) in [6.07, 6.45) is -4.55. The predicted octanol–water partition coefficient (Wildman–Crippen LogP) is 3.09. The van der Waals surface area contributed by atoms with Crippen molar-refractivity contribution in [3.8, 4) is 0 Å². The van der Waals surface area contributed by atoms with Gasteiger partial charge in [0.05, 0.1) is 17.8 Å². The molecule has 1 fully saturated rings. The topological polar surface area (TPSA) is 83.7 Å². The number of benzene rings is 2. The van der Waals surface area contributed by atoms with Crippen LogP contribution in [0.3, 0.4) is 0 Å². The molecule has 0 bridgehead atoms. The van der Waals surface area contributed by atoms with Crippen molar-refractivity contribution in [2.75, 3.05) is 10.6 Å². The van der Waals surface area contributed by atoms with Crippen molar-refractivity contribution in [2.24, 2.45) is 0 Å². The van der Waals surface area contributed by atoms with E-state index >= 15 is 0 Å². The SMILES string of the molecule is Cc1cc(CN2C(=O)C(=O)N(c3ccc(C(F)(F)F)cc3)C2=O)ccc1N. The minimum atomic E-state index is -4.55. The molecular weight excluding hydrogens is 363 g/mol. The van der Waals surface area contributed by atoms with Gasteiger partial charge in [0.1, 0.15) is 0 Å². The predicted molar refractivity (Wildman–Crippen MR) is 90.5 cm³/mol. The van der Waals surface area contributed by atoms with Crippen molar-refractivity contribution in [3.63, 3.8) is 0 Å². The Morgan fingerprint density at radius 2 is 1.59 bits per heavy atom. The van der Waals surface area contributed by atoms with E-state index in [4.69, 9.17) is 5.73 Å². The highest BCUT2D eigenvalue weighted by atomic mass is 19.4. The van der Waals surface area contributed by atoms with E-state index in [1.54, 1.807) is 25.1 Å². The zero-order valence-corrected chi connectivity index (χ0v) is 14.1. The van der Waals surface area contributed by atoms with Gasteiger partial charge in [-0.05, 0) is 48.4 Å². The summed E-state index contributed by atoms with van der Waals surface area (Å²) >= 11 is 0. The highest BCUT2D eigenvalue weighted by molar-refractivity contribution is 6.52. The summed E-state index contributed by atoms with van der Waals surface area (Å²) in [5.41, 5.74) is 6.57. The standard InChI is InChI=1S/C18H14F3N3O3/c1-10-8-11(2-7-14(10)22)9-23-15(25)16(26)24(17(23)27)13-5-3-12(4-6-13)18(19,20)21/h2-8H,9,22H2,1H3. The Bertz CT molecular complexity index is 939. The summed E-state index contributed by atoms with van der Waals surface area (Å²) in [5.74, 6) is -2.17. The van der Waals surface area contributed by atoms with Gasteiger partial charge in [0.2, 0.25) is 0 Å². The van der Waals surface area contributed by atoms with E-state index in [9.17, 15) is 27.6 Å². The number of halogens is 3. The maximum atomic E-state index is 12.7. The van der Waals surface area contributed by atoms with Crippen LogP contribution in [0.1, 0.15) is 16.7 Å². The molecule has 9 heteroatoms. The number of carbonyl (C=O) groups is 3. The molecule has 0 radical (unpaired) electrons. The molecule has 1 aliphatic rings. The largest absolute Gasteiger partial charge is 0.416 e. The Hall–Kier alpha value is -3.36.